The summed E-state index contributed by atoms with van der Waals surface area (Å²) in [5.74, 6) is -1.08. The molecule has 2 saturated heterocycles. The summed E-state index contributed by atoms with van der Waals surface area (Å²) in [5.41, 5.74) is 0.584. The van der Waals surface area contributed by atoms with Crippen LogP contribution in [0.15, 0.2) is 30.6 Å². The summed E-state index contributed by atoms with van der Waals surface area (Å²) in [6.45, 7) is 8.56. The third kappa shape index (κ3) is 4.32. The Morgan fingerprint density at radius 3 is 2.68 bits per heavy atom. The lowest BCUT2D eigenvalue weighted by Gasteiger charge is -2.52. The Bertz CT molecular complexity index is 934. The number of aromatic nitrogens is 3. The molecular weight excluding hydrogens is 399 g/mol. The van der Waals surface area contributed by atoms with Crippen molar-refractivity contribution in [1.82, 2.24) is 25.4 Å². The van der Waals surface area contributed by atoms with Gasteiger partial charge >= 0.3 is 0 Å². The number of piperidine rings is 1. The number of para-hydroxylation sites is 1. The van der Waals surface area contributed by atoms with Crippen molar-refractivity contribution in [1.29, 1.82) is 0 Å². The fourth-order valence-corrected chi connectivity index (χ4v) is 4.47. The van der Waals surface area contributed by atoms with Gasteiger partial charge in [-0.1, -0.05) is 12.1 Å². The molecule has 1 aromatic heterocycles. The highest BCUT2D eigenvalue weighted by molar-refractivity contribution is 5.97. The maximum absolute atomic E-state index is 14.6. The Kier molecular flexibility index (Phi) is 5.79. The molecule has 0 bridgehead atoms. The van der Waals surface area contributed by atoms with E-state index >= 15 is 0 Å². The zero-order chi connectivity index (χ0) is 22.1. The van der Waals surface area contributed by atoms with Crippen molar-refractivity contribution in [2.45, 2.75) is 39.4 Å². The Balaban J connectivity index is 1.57. The number of hydrogen-bond acceptors (Lipinski definition) is 7. The summed E-state index contributed by atoms with van der Waals surface area (Å²) in [4.78, 5) is 20.8. The van der Waals surface area contributed by atoms with Gasteiger partial charge in [-0.15, -0.1) is 10.2 Å². The predicted octanol–water partition coefficient (Wildman–Crippen LogP) is 3.02. The van der Waals surface area contributed by atoms with E-state index in [1.807, 2.05) is 0 Å². The van der Waals surface area contributed by atoms with E-state index in [1.165, 1.54) is 25.1 Å². The van der Waals surface area contributed by atoms with E-state index in [-0.39, 0.29) is 18.0 Å². The smallest absolute Gasteiger partial charge is 0.282 e. The molecule has 2 aromatic rings. The average molecular weight is 429 g/mol. The molecule has 2 fully saturated rings. The lowest BCUT2D eigenvalue weighted by Crippen LogP contribution is -2.60. The summed E-state index contributed by atoms with van der Waals surface area (Å²) in [7, 11) is 0. The zero-order valence-electron chi connectivity index (χ0n) is 18.3. The van der Waals surface area contributed by atoms with Crippen LogP contribution in [0.5, 0.6) is 11.6 Å². The van der Waals surface area contributed by atoms with Crippen molar-refractivity contribution >= 4 is 11.7 Å². The third-order valence-corrected chi connectivity index (χ3v) is 6.12. The Labute approximate surface area is 181 Å². The van der Waals surface area contributed by atoms with Crippen molar-refractivity contribution in [3.8, 4) is 11.6 Å². The van der Waals surface area contributed by atoms with E-state index in [0.29, 0.717) is 17.0 Å². The van der Waals surface area contributed by atoms with Crippen LogP contribution in [0.3, 0.4) is 0 Å². The molecule has 0 saturated carbocycles. The molecule has 8 nitrogen and oxygen atoms in total. The van der Waals surface area contributed by atoms with Crippen molar-refractivity contribution in [3.63, 3.8) is 0 Å². The first-order chi connectivity index (χ1) is 14.8. The highest BCUT2D eigenvalue weighted by Gasteiger charge is 2.45. The molecule has 2 aliphatic rings. The van der Waals surface area contributed by atoms with Gasteiger partial charge in [0.15, 0.2) is 11.6 Å². The summed E-state index contributed by atoms with van der Waals surface area (Å²) < 4.78 is 20.6. The van der Waals surface area contributed by atoms with Gasteiger partial charge in [-0.05, 0) is 58.8 Å². The SMILES string of the molecule is CCN(C(=O)c1ccccc1Oc1nncnc1N1CC2(CCNCC2)C1)C(C)(C)F. The van der Waals surface area contributed by atoms with Gasteiger partial charge in [0.25, 0.3) is 11.8 Å². The van der Waals surface area contributed by atoms with Gasteiger partial charge in [-0.2, -0.15) is 0 Å². The average Bonchev–Trinajstić information content (AvgIpc) is 2.73. The van der Waals surface area contributed by atoms with Gasteiger partial charge in [0, 0.05) is 25.0 Å². The summed E-state index contributed by atoms with van der Waals surface area (Å²) in [5, 5.41) is 11.4. The second kappa shape index (κ2) is 8.37. The lowest BCUT2D eigenvalue weighted by atomic mass is 9.72. The Morgan fingerprint density at radius 2 is 2.00 bits per heavy atom. The molecule has 0 radical (unpaired) electrons. The zero-order valence-corrected chi connectivity index (χ0v) is 18.3. The first-order valence-electron chi connectivity index (χ1n) is 10.7. The van der Waals surface area contributed by atoms with E-state index in [9.17, 15) is 9.18 Å². The number of hydrogen-bond donors (Lipinski definition) is 1. The van der Waals surface area contributed by atoms with Gasteiger partial charge < -0.3 is 19.9 Å². The number of rotatable bonds is 6. The van der Waals surface area contributed by atoms with Gasteiger partial charge in [0.05, 0.1) is 5.56 Å². The number of amides is 1. The topological polar surface area (TPSA) is 83.5 Å². The van der Waals surface area contributed by atoms with E-state index in [1.54, 1.807) is 31.2 Å². The fraction of sp³-hybridized carbons (Fsp3) is 0.545. The van der Waals surface area contributed by atoms with Gasteiger partial charge in [-0.25, -0.2) is 9.37 Å². The quantitative estimate of drug-likeness (QED) is 0.708. The first-order valence-corrected chi connectivity index (χ1v) is 10.7. The second-order valence-electron chi connectivity index (χ2n) is 8.75. The molecule has 4 rings (SSSR count). The number of carbonyl (C=O) groups excluding carboxylic acids is 1. The van der Waals surface area contributed by atoms with Gasteiger partial charge in [0.1, 0.15) is 12.1 Å². The molecule has 0 aliphatic carbocycles. The summed E-state index contributed by atoms with van der Waals surface area (Å²) in [6, 6.07) is 6.80. The molecule has 0 unspecified atom stereocenters. The fourth-order valence-electron chi connectivity index (χ4n) is 4.47. The van der Waals surface area contributed by atoms with Crippen LogP contribution in [-0.2, 0) is 0 Å². The van der Waals surface area contributed by atoms with Gasteiger partial charge in [-0.3, -0.25) is 4.79 Å². The molecule has 31 heavy (non-hydrogen) atoms. The molecule has 1 aromatic carbocycles. The van der Waals surface area contributed by atoms with Gasteiger partial charge in [0.2, 0.25) is 0 Å². The number of benzene rings is 1. The largest absolute Gasteiger partial charge is 0.434 e. The molecular formula is C22H29FN6O2. The number of nitrogens with one attached hydrogen (secondary N) is 1. The standard InChI is InChI=1S/C22H29FN6O2/c1-4-29(21(2,3)23)20(30)16-7-5-6-8-17(16)31-19-18(25-15-26-27-19)28-13-22(14-28)9-11-24-12-10-22/h5-8,15,24H,4,9-14H2,1-3H3. The molecule has 166 valence electrons. The minimum absolute atomic E-state index is 0.235. The maximum atomic E-state index is 14.6. The highest BCUT2D eigenvalue weighted by Crippen LogP contribution is 2.43. The van der Waals surface area contributed by atoms with Crippen LogP contribution in [0, 0.1) is 5.41 Å². The van der Waals surface area contributed by atoms with Crippen LogP contribution in [0.25, 0.3) is 0 Å². The van der Waals surface area contributed by atoms with E-state index < -0.39 is 11.7 Å². The van der Waals surface area contributed by atoms with Crippen molar-refractivity contribution in [2.24, 2.45) is 5.41 Å². The van der Waals surface area contributed by atoms with E-state index in [0.717, 1.165) is 39.0 Å². The second-order valence-corrected chi connectivity index (χ2v) is 8.75. The molecule has 1 N–H and O–H groups in total. The molecule has 9 heteroatoms. The van der Waals surface area contributed by atoms with Crippen LogP contribution < -0.4 is 15.0 Å². The minimum atomic E-state index is -1.79. The number of ether oxygens (including phenoxy) is 1. The number of halogens is 1. The van der Waals surface area contributed by atoms with Crippen LogP contribution in [-0.4, -0.2) is 64.5 Å². The van der Waals surface area contributed by atoms with Crippen molar-refractivity contribution in [2.75, 3.05) is 37.6 Å². The van der Waals surface area contributed by atoms with E-state index in [4.69, 9.17) is 4.74 Å². The van der Waals surface area contributed by atoms with E-state index in [2.05, 4.69) is 25.4 Å². The number of nitrogens with zero attached hydrogens (tertiary/aromatic N) is 5. The Hall–Kier alpha value is -2.81. The number of alkyl halides is 1. The normalized spacial score (nSPS) is 17.9. The summed E-state index contributed by atoms with van der Waals surface area (Å²) >= 11 is 0. The monoisotopic (exact) mass is 428 g/mol. The van der Waals surface area contributed by atoms with Crippen LogP contribution in [0.1, 0.15) is 44.0 Å². The Morgan fingerprint density at radius 1 is 1.29 bits per heavy atom. The van der Waals surface area contributed by atoms with Crippen molar-refractivity contribution < 1.29 is 13.9 Å². The minimum Gasteiger partial charge on any atom is -0.434 e. The lowest BCUT2D eigenvalue weighted by molar-refractivity contribution is 0.00728. The molecule has 1 amide bonds. The highest BCUT2D eigenvalue weighted by atomic mass is 19.1. The summed E-state index contributed by atoms with van der Waals surface area (Å²) in [6.07, 6.45) is 3.68. The van der Waals surface area contributed by atoms with Crippen LogP contribution in [0.4, 0.5) is 10.2 Å². The molecule has 2 aliphatic heterocycles. The maximum Gasteiger partial charge on any atom is 0.282 e. The predicted molar refractivity (Wildman–Crippen MR) is 115 cm³/mol. The number of carbonyl (C=O) groups is 1. The first kappa shape index (κ1) is 21.4. The number of anilines is 1. The van der Waals surface area contributed by atoms with Crippen molar-refractivity contribution in [3.05, 3.63) is 36.2 Å². The molecule has 1 spiro atoms. The molecule has 0 atom stereocenters. The van der Waals surface area contributed by atoms with Crippen LogP contribution >= 0.6 is 0 Å². The van der Waals surface area contributed by atoms with Crippen LogP contribution in [0.2, 0.25) is 0 Å². The molecule has 3 heterocycles. The third-order valence-electron chi connectivity index (χ3n) is 6.12.